The maximum atomic E-state index is 12.9. The van der Waals surface area contributed by atoms with Gasteiger partial charge in [-0.2, -0.15) is 0 Å². The van der Waals surface area contributed by atoms with E-state index in [0.29, 0.717) is 11.8 Å². The number of carbonyl (C=O) groups is 1. The molecule has 0 saturated heterocycles. The number of rotatable bonds is 11. The van der Waals surface area contributed by atoms with Crippen LogP contribution in [0.1, 0.15) is 151 Å². The second-order valence-electron chi connectivity index (χ2n) is 14.8. The van der Waals surface area contributed by atoms with Crippen LogP contribution in [0.4, 0.5) is 0 Å². The minimum absolute atomic E-state index is 0.0944. The van der Waals surface area contributed by atoms with Crippen LogP contribution in [-0.4, -0.2) is 12.1 Å². The van der Waals surface area contributed by atoms with Crippen molar-refractivity contribution in [3.63, 3.8) is 0 Å². The van der Waals surface area contributed by atoms with Gasteiger partial charge in [-0.15, -0.1) is 0 Å². The lowest BCUT2D eigenvalue weighted by Gasteiger charge is -2.62. The fraction of sp³-hybridized carbons (Fsp3) is 0.971. The maximum Gasteiger partial charge on any atom is 0.306 e. The van der Waals surface area contributed by atoms with Gasteiger partial charge in [0.05, 0.1) is 0 Å². The van der Waals surface area contributed by atoms with Crippen LogP contribution in [0.3, 0.4) is 0 Å². The van der Waals surface area contributed by atoms with Crippen molar-refractivity contribution >= 4 is 5.97 Å². The monoisotopic (exact) mass is 500 g/mol. The Hall–Kier alpha value is -0.530. The Morgan fingerprint density at radius 3 is 2.42 bits per heavy atom. The molecule has 9 atom stereocenters. The van der Waals surface area contributed by atoms with Crippen molar-refractivity contribution in [2.24, 2.45) is 52.3 Å². The highest BCUT2D eigenvalue weighted by molar-refractivity contribution is 5.69. The van der Waals surface area contributed by atoms with Crippen molar-refractivity contribution < 1.29 is 9.53 Å². The van der Waals surface area contributed by atoms with Gasteiger partial charge in [0.1, 0.15) is 6.10 Å². The molecule has 2 nitrogen and oxygen atoms in total. The van der Waals surface area contributed by atoms with Crippen molar-refractivity contribution in [2.45, 2.75) is 157 Å². The van der Waals surface area contributed by atoms with Crippen molar-refractivity contribution in [1.29, 1.82) is 0 Å². The number of hydrogen-bond donors (Lipinski definition) is 0. The summed E-state index contributed by atoms with van der Waals surface area (Å²) in [4.78, 5) is 12.9. The van der Waals surface area contributed by atoms with Crippen molar-refractivity contribution in [3.8, 4) is 0 Å². The SMILES string of the molecule is CCCCCCC(=O)OC1CCCC2CC[C@@H]3[C@H](CC[C@]4(C)[C@@H]([C@H](C)CCCC(C)C)CC[C@@H]34)[C@]21C. The number of carbonyl (C=O) groups excluding carboxylic acids is 1. The molecule has 0 aromatic heterocycles. The maximum absolute atomic E-state index is 12.9. The Morgan fingerprint density at radius 1 is 0.861 bits per heavy atom. The van der Waals surface area contributed by atoms with Crippen molar-refractivity contribution in [3.05, 3.63) is 0 Å². The second kappa shape index (κ2) is 12.1. The zero-order valence-corrected chi connectivity index (χ0v) is 25.0. The third-order valence-corrected chi connectivity index (χ3v) is 12.4. The molecule has 4 rings (SSSR count). The van der Waals surface area contributed by atoms with Gasteiger partial charge in [-0.05, 0) is 111 Å². The Kier molecular flexibility index (Phi) is 9.58. The minimum atomic E-state index is 0.0944. The smallest absolute Gasteiger partial charge is 0.306 e. The Balaban J connectivity index is 1.44. The molecule has 0 aliphatic heterocycles. The highest BCUT2D eigenvalue weighted by atomic mass is 16.5. The van der Waals surface area contributed by atoms with E-state index in [4.69, 9.17) is 4.74 Å². The van der Waals surface area contributed by atoms with Crippen LogP contribution >= 0.6 is 0 Å². The Morgan fingerprint density at radius 2 is 1.67 bits per heavy atom. The summed E-state index contributed by atoms with van der Waals surface area (Å²) in [5.41, 5.74) is 0.754. The van der Waals surface area contributed by atoms with Crippen LogP contribution in [-0.2, 0) is 9.53 Å². The van der Waals surface area contributed by atoms with Crippen molar-refractivity contribution in [2.75, 3.05) is 0 Å². The van der Waals surface area contributed by atoms with Gasteiger partial charge in [-0.1, -0.05) is 80.1 Å². The molecular weight excluding hydrogens is 440 g/mol. The van der Waals surface area contributed by atoms with Gasteiger partial charge in [0, 0.05) is 11.8 Å². The summed E-state index contributed by atoms with van der Waals surface area (Å²) in [5.74, 6) is 6.02. The number of ether oxygens (including phenoxy) is 1. The van der Waals surface area contributed by atoms with Gasteiger partial charge in [-0.25, -0.2) is 0 Å². The minimum Gasteiger partial charge on any atom is -0.462 e. The van der Waals surface area contributed by atoms with Crippen LogP contribution < -0.4 is 0 Å². The quantitative estimate of drug-likeness (QED) is 0.208. The zero-order valence-electron chi connectivity index (χ0n) is 25.0. The summed E-state index contributed by atoms with van der Waals surface area (Å²) in [6, 6.07) is 0. The molecule has 36 heavy (non-hydrogen) atoms. The van der Waals surface area contributed by atoms with Crippen LogP contribution in [0.15, 0.2) is 0 Å². The average Bonchev–Trinajstić information content (AvgIpc) is 3.19. The van der Waals surface area contributed by atoms with E-state index in [1.807, 2.05) is 0 Å². The fourth-order valence-corrected chi connectivity index (χ4v) is 10.4. The summed E-state index contributed by atoms with van der Waals surface area (Å²) >= 11 is 0. The number of unbranched alkanes of at least 4 members (excludes halogenated alkanes) is 3. The second-order valence-corrected chi connectivity index (χ2v) is 14.8. The molecule has 0 radical (unpaired) electrons. The summed E-state index contributed by atoms with van der Waals surface area (Å²) in [6.07, 6.45) is 21.9. The van der Waals surface area contributed by atoms with E-state index < -0.39 is 0 Å². The number of fused-ring (bicyclic) bond motifs is 5. The van der Waals surface area contributed by atoms with Gasteiger partial charge in [0.25, 0.3) is 0 Å². The van der Waals surface area contributed by atoms with E-state index in [9.17, 15) is 4.79 Å². The van der Waals surface area contributed by atoms with E-state index in [2.05, 4.69) is 41.5 Å². The molecule has 0 aromatic carbocycles. The predicted octanol–water partition coefficient (Wildman–Crippen LogP) is 9.99. The summed E-state index contributed by atoms with van der Waals surface area (Å²) < 4.78 is 6.41. The highest BCUT2D eigenvalue weighted by Gasteiger charge is 2.62. The summed E-state index contributed by atoms with van der Waals surface area (Å²) in [5, 5.41) is 0. The van der Waals surface area contributed by atoms with Gasteiger partial charge < -0.3 is 4.74 Å². The van der Waals surface area contributed by atoms with Crippen LogP contribution in [0.5, 0.6) is 0 Å². The normalized spacial score (nSPS) is 40.9. The fourth-order valence-electron chi connectivity index (χ4n) is 10.4. The molecule has 4 fully saturated rings. The molecule has 0 aromatic rings. The van der Waals surface area contributed by atoms with Crippen LogP contribution in [0, 0.1) is 52.3 Å². The van der Waals surface area contributed by atoms with Gasteiger partial charge in [-0.3, -0.25) is 4.79 Å². The topological polar surface area (TPSA) is 26.3 Å². The molecular formula is C34H60O2. The number of esters is 1. The van der Waals surface area contributed by atoms with E-state index in [1.165, 1.54) is 83.5 Å². The van der Waals surface area contributed by atoms with Gasteiger partial charge in [0.15, 0.2) is 0 Å². The average molecular weight is 501 g/mol. The summed E-state index contributed by atoms with van der Waals surface area (Å²) in [6.45, 7) is 14.8. The Bertz CT molecular complexity index is 714. The first-order chi connectivity index (χ1) is 17.2. The molecule has 0 N–H and O–H groups in total. The van der Waals surface area contributed by atoms with Crippen LogP contribution in [0.25, 0.3) is 0 Å². The van der Waals surface area contributed by atoms with Crippen molar-refractivity contribution in [1.82, 2.24) is 0 Å². The van der Waals surface area contributed by atoms with E-state index >= 15 is 0 Å². The molecule has 4 saturated carbocycles. The third kappa shape index (κ3) is 5.59. The lowest BCUT2D eigenvalue weighted by molar-refractivity contribution is -0.192. The molecule has 0 amide bonds. The molecule has 0 bridgehead atoms. The lowest BCUT2D eigenvalue weighted by atomic mass is 9.44. The lowest BCUT2D eigenvalue weighted by Crippen LogP contribution is -2.58. The van der Waals surface area contributed by atoms with E-state index in [0.717, 1.165) is 60.7 Å². The van der Waals surface area contributed by atoms with Gasteiger partial charge >= 0.3 is 5.97 Å². The molecule has 208 valence electrons. The third-order valence-electron chi connectivity index (χ3n) is 12.4. The predicted molar refractivity (Wildman–Crippen MR) is 152 cm³/mol. The Labute approximate surface area is 224 Å². The largest absolute Gasteiger partial charge is 0.462 e. The molecule has 0 heterocycles. The molecule has 2 unspecified atom stereocenters. The zero-order chi connectivity index (χ0) is 25.9. The first kappa shape index (κ1) is 28.5. The number of hydrogen-bond acceptors (Lipinski definition) is 2. The van der Waals surface area contributed by atoms with E-state index in [-0.39, 0.29) is 17.5 Å². The van der Waals surface area contributed by atoms with E-state index in [1.54, 1.807) is 0 Å². The highest BCUT2D eigenvalue weighted by Crippen LogP contribution is 2.68. The first-order valence-corrected chi connectivity index (χ1v) is 16.4. The summed E-state index contributed by atoms with van der Waals surface area (Å²) in [7, 11) is 0. The molecule has 0 spiro atoms. The molecule has 4 aliphatic carbocycles. The standard InChI is InChI=1S/C34H60O2/c1-7-8-9-10-17-32(35)36-31-16-12-15-26-18-19-27-29-21-20-28(25(4)14-11-13-24(2)3)33(29,5)23-22-30(27)34(26,31)6/h24-31H,7-23H2,1-6H3/t25-,26?,27+,28-,29+,30+,31?,33-,34+/m1/s1. The first-order valence-electron chi connectivity index (χ1n) is 16.4. The van der Waals surface area contributed by atoms with Gasteiger partial charge in [0.2, 0.25) is 0 Å². The molecule has 4 aliphatic rings. The van der Waals surface area contributed by atoms with Crippen LogP contribution in [0.2, 0.25) is 0 Å². The molecule has 2 heteroatoms.